The molecule has 1 aromatic carbocycles. The molecule has 0 unspecified atom stereocenters. The molecule has 136 valence electrons. The van der Waals surface area contributed by atoms with Crippen LogP contribution in [-0.2, 0) is 6.42 Å². The van der Waals surface area contributed by atoms with Crippen LogP contribution in [0.4, 0.5) is 5.69 Å². The molecule has 0 amide bonds. The van der Waals surface area contributed by atoms with Crippen molar-refractivity contribution in [3.05, 3.63) is 57.9 Å². The molecule has 1 aliphatic rings. The maximum Gasteiger partial charge on any atom is 0.0737 e. The van der Waals surface area contributed by atoms with Gasteiger partial charge in [0.2, 0.25) is 0 Å². The van der Waals surface area contributed by atoms with Gasteiger partial charge in [0, 0.05) is 34.4 Å². The highest BCUT2D eigenvalue weighted by Gasteiger charge is 2.21. The van der Waals surface area contributed by atoms with Crippen LogP contribution in [0.5, 0.6) is 0 Å². The largest absolute Gasteiger partial charge is 0.382 e. The summed E-state index contributed by atoms with van der Waals surface area (Å²) in [5.74, 6) is 0. The van der Waals surface area contributed by atoms with Crippen LogP contribution < -0.4 is 10.6 Å². The summed E-state index contributed by atoms with van der Waals surface area (Å²) in [7, 11) is 0. The highest BCUT2D eigenvalue weighted by atomic mass is 35.5. The van der Waals surface area contributed by atoms with Gasteiger partial charge < -0.3 is 10.6 Å². The molecule has 3 nitrogen and oxygen atoms in total. The van der Waals surface area contributed by atoms with E-state index >= 15 is 0 Å². The zero-order valence-electron chi connectivity index (χ0n) is 14.7. The molecule has 0 atom stereocenters. The number of fused-ring (bicyclic) bond motifs is 1. The average molecular weight is 386 g/mol. The van der Waals surface area contributed by atoms with Gasteiger partial charge in [0.25, 0.3) is 0 Å². The second-order valence-corrected chi connectivity index (χ2v) is 8.27. The third-order valence-corrected chi connectivity index (χ3v) is 6.19. The Labute approximate surface area is 163 Å². The number of rotatable bonds is 6. The summed E-state index contributed by atoms with van der Waals surface area (Å²) in [6.07, 6.45) is 7.86. The van der Waals surface area contributed by atoms with E-state index in [0.29, 0.717) is 12.1 Å². The van der Waals surface area contributed by atoms with Crippen LogP contribution >= 0.6 is 22.9 Å². The van der Waals surface area contributed by atoms with Gasteiger partial charge >= 0.3 is 0 Å². The second-order valence-electron chi connectivity index (χ2n) is 7.05. The molecule has 0 saturated heterocycles. The fourth-order valence-electron chi connectivity index (χ4n) is 3.76. The van der Waals surface area contributed by atoms with Crippen LogP contribution in [0.2, 0.25) is 5.02 Å². The summed E-state index contributed by atoms with van der Waals surface area (Å²) < 4.78 is 0. The van der Waals surface area contributed by atoms with Gasteiger partial charge in [-0.15, -0.1) is 0 Å². The van der Waals surface area contributed by atoms with Crippen LogP contribution in [0, 0.1) is 0 Å². The van der Waals surface area contributed by atoms with Gasteiger partial charge in [0.1, 0.15) is 0 Å². The van der Waals surface area contributed by atoms with Crippen molar-refractivity contribution in [2.24, 2.45) is 0 Å². The highest BCUT2D eigenvalue weighted by molar-refractivity contribution is 7.07. The second kappa shape index (κ2) is 8.38. The zero-order valence-corrected chi connectivity index (χ0v) is 16.3. The molecule has 0 spiro atoms. The van der Waals surface area contributed by atoms with Crippen LogP contribution in [0.15, 0.2) is 47.3 Å². The van der Waals surface area contributed by atoms with Gasteiger partial charge in [0.05, 0.1) is 5.52 Å². The smallest absolute Gasteiger partial charge is 0.0737 e. The summed E-state index contributed by atoms with van der Waals surface area (Å²) >= 11 is 7.87. The van der Waals surface area contributed by atoms with Crippen molar-refractivity contribution in [2.75, 3.05) is 11.9 Å². The minimum Gasteiger partial charge on any atom is -0.382 e. The molecule has 1 saturated carbocycles. The minimum atomic E-state index is 0.534. The Balaban J connectivity index is 1.29. The van der Waals surface area contributed by atoms with Crippen LogP contribution in [0.3, 0.4) is 0 Å². The number of benzene rings is 1. The van der Waals surface area contributed by atoms with E-state index in [2.05, 4.69) is 44.6 Å². The normalized spacial score (nSPS) is 20.3. The number of pyridine rings is 1. The Bertz CT molecular complexity index is 842. The first-order valence-corrected chi connectivity index (χ1v) is 10.7. The fourth-order valence-corrected chi connectivity index (χ4v) is 4.63. The van der Waals surface area contributed by atoms with E-state index in [-0.39, 0.29) is 0 Å². The van der Waals surface area contributed by atoms with Gasteiger partial charge in [0.15, 0.2) is 0 Å². The number of anilines is 1. The molecule has 1 fully saturated rings. The minimum absolute atomic E-state index is 0.534. The van der Waals surface area contributed by atoms with Crippen molar-refractivity contribution in [1.29, 1.82) is 0 Å². The van der Waals surface area contributed by atoms with Crippen molar-refractivity contribution < 1.29 is 0 Å². The molecule has 4 rings (SSSR count). The first-order chi connectivity index (χ1) is 12.8. The maximum atomic E-state index is 6.09. The molecule has 0 aliphatic heterocycles. The predicted molar refractivity (Wildman–Crippen MR) is 112 cm³/mol. The van der Waals surface area contributed by atoms with E-state index in [9.17, 15) is 0 Å². The van der Waals surface area contributed by atoms with Crippen LogP contribution in [0.1, 0.15) is 31.2 Å². The number of hydrogen-bond donors (Lipinski definition) is 2. The summed E-state index contributed by atoms with van der Waals surface area (Å²) in [4.78, 5) is 4.43. The lowest BCUT2D eigenvalue weighted by Gasteiger charge is -2.30. The van der Waals surface area contributed by atoms with Crippen molar-refractivity contribution in [3.63, 3.8) is 0 Å². The number of thiophene rings is 1. The predicted octanol–water partition coefficient (Wildman–Crippen LogP) is 5.51. The number of nitrogens with one attached hydrogen (secondary N) is 2. The molecule has 26 heavy (non-hydrogen) atoms. The van der Waals surface area contributed by atoms with Gasteiger partial charge in [-0.2, -0.15) is 11.3 Å². The van der Waals surface area contributed by atoms with E-state index in [1.54, 1.807) is 11.3 Å². The van der Waals surface area contributed by atoms with E-state index in [0.717, 1.165) is 28.9 Å². The van der Waals surface area contributed by atoms with E-state index in [1.165, 1.54) is 36.9 Å². The van der Waals surface area contributed by atoms with Gasteiger partial charge in [-0.1, -0.05) is 11.6 Å². The van der Waals surface area contributed by atoms with Crippen molar-refractivity contribution in [3.8, 4) is 0 Å². The van der Waals surface area contributed by atoms with Gasteiger partial charge in [-0.3, -0.25) is 4.98 Å². The molecule has 0 bridgehead atoms. The first-order valence-electron chi connectivity index (χ1n) is 9.33. The number of nitrogens with zero attached hydrogens (tertiary/aromatic N) is 1. The third-order valence-electron chi connectivity index (χ3n) is 5.22. The molecular formula is C21H24ClN3S. The summed E-state index contributed by atoms with van der Waals surface area (Å²) in [6.45, 7) is 1.08. The summed E-state index contributed by atoms with van der Waals surface area (Å²) in [6, 6.07) is 11.4. The summed E-state index contributed by atoms with van der Waals surface area (Å²) in [5, 5.41) is 13.7. The SMILES string of the molecule is Clc1ccc2c(NC3CCC(NCCc4ccsc4)CC3)ccnc2c1. The lowest BCUT2D eigenvalue weighted by Crippen LogP contribution is -2.37. The first kappa shape index (κ1) is 17.8. The Kier molecular flexibility index (Phi) is 5.73. The Hall–Kier alpha value is -1.62. The fraction of sp³-hybridized carbons (Fsp3) is 0.381. The molecule has 1 aliphatic carbocycles. The third kappa shape index (κ3) is 4.37. The number of halogens is 1. The van der Waals surface area contributed by atoms with Gasteiger partial charge in [-0.05, 0) is 85.3 Å². The Morgan fingerprint density at radius 1 is 1.08 bits per heavy atom. The van der Waals surface area contributed by atoms with Gasteiger partial charge in [-0.25, -0.2) is 0 Å². The van der Waals surface area contributed by atoms with Crippen LogP contribution in [0.25, 0.3) is 10.9 Å². The molecule has 2 heterocycles. The standard InChI is InChI=1S/C21H24ClN3S/c22-16-1-6-19-20(8-11-24-21(19)13-16)25-18-4-2-17(3-5-18)23-10-7-15-9-12-26-14-15/h1,6,8-9,11-14,17-18,23H,2-5,7,10H2,(H,24,25). The van der Waals surface area contributed by atoms with E-state index in [1.807, 2.05) is 18.3 Å². The zero-order chi connectivity index (χ0) is 17.8. The quantitative estimate of drug-likeness (QED) is 0.587. The van der Waals surface area contributed by atoms with Crippen molar-refractivity contribution in [1.82, 2.24) is 10.3 Å². The monoisotopic (exact) mass is 385 g/mol. The molecule has 2 aromatic heterocycles. The van der Waals surface area contributed by atoms with E-state index < -0.39 is 0 Å². The van der Waals surface area contributed by atoms with Crippen LogP contribution in [-0.4, -0.2) is 23.6 Å². The van der Waals surface area contributed by atoms with Crippen molar-refractivity contribution in [2.45, 2.75) is 44.2 Å². The summed E-state index contributed by atoms with van der Waals surface area (Å²) in [5.41, 5.74) is 3.56. The van der Waals surface area contributed by atoms with E-state index in [4.69, 9.17) is 11.6 Å². The van der Waals surface area contributed by atoms with Crippen molar-refractivity contribution >= 4 is 39.5 Å². The Morgan fingerprint density at radius 3 is 2.73 bits per heavy atom. The number of hydrogen-bond acceptors (Lipinski definition) is 4. The lowest BCUT2D eigenvalue weighted by molar-refractivity contribution is 0.356. The molecule has 2 N–H and O–H groups in total. The average Bonchev–Trinajstić information content (AvgIpc) is 3.17. The Morgan fingerprint density at radius 2 is 1.92 bits per heavy atom. The highest BCUT2D eigenvalue weighted by Crippen LogP contribution is 2.28. The molecule has 0 radical (unpaired) electrons. The maximum absolute atomic E-state index is 6.09. The number of aromatic nitrogens is 1. The molecular weight excluding hydrogens is 362 g/mol. The molecule has 3 aromatic rings. The lowest BCUT2D eigenvalue weighted by atomic mass is 9.90. The topological polar surface area (TPSA) is 37.0 Å². The molecule has 5 heteroatoms.